The Morgan fingerprint density at radius 2 is 1.89 bits per heavy atom. The lowest BCUT2D eigenvalue weighted by Gasteiger charge is -2.07. The highest BCUT2D eigenvalue weighted by molar-refractivity contribution is 6.30. The van der Waals surface area contributed by atoms with Crippen molar-refractivity contribution in [2.75, 3.05) is 11.1 Å². The summed E-state index contributed by atoms with van der Waals surface area (Å²) < 4.78 is 0. The Hall–Kier alpha value is -1.81. The number of hydrogen-bond donors (Lipinski definition) is 2. The molecule has 1 heterocycles. The quantitative estimate of drug-likeness (QED) is 0.891. The lowest BCUT2D eigenvalue weighted by molar-refractivity contribution is 1.06. The van der Waals surface area contributed by atoms with Gasteiger partial charge in [0, 0.05) is 22.7 Å². The van der Waals surface area contributed by atoms with E-state index in [0.717, 1.165) is 11.3 Å². The number of halogens is 1. The third-order valence-corrected chi connectivity index (χ3v) is 3.05. The highest BCUT2D eigenvalue weighted by Crippen LogP contribution is 2.26. The molecule has 3 rings (SSSR count). The lowest BCUT2D eigenvalue weighted by atomic mass is 10.1. The monoisotopic (exact) mass is 260 g/mol. The molecular weight excluding hydrogens is 248 g/mol. The molecule has 1 aliphatic rings. The van der Waals surface area contributed by atoms with Crippen molar-refractivity contribution in [3.8, 4) is 11.3 Å². The van der Waals surface area contributed by atoms with Crippen LogP contribution >= 0.6 is 11.6 Å². The maximum atomic E-state index is 5.87. The summed E-state index contributed by atoms with van der Waals surface area (Å²) >= 11 is 5.87. The number of rotatable bonds is 3. The van der Waals surface area contributed by atoms with Crippen LogP contribution in [0.5, 0.6) is 0 Å². The van der Waals surface area contributed by atoms with E-state index in [2.05, 4.69) is 15.3 Å². The third-order valence-electron chi connectivity index (χ3n) is 2.80. The largest absolute Gasteiger partial charge is 0.384 e. The van der Waals surface area contributed by atoms with E-state index < -0.39 is 0 Å². The second kappa shape index (κ2) is 4.46. The maximum Gasteiger partial charge on any atom is 0.225 e. The Balaban J connectivity index is 1.94. The molecule has 0 saturated heterocycles. The van der Waals surface area contributed by atoms with E-state index in [-0.39, 0.29) is 0 Å². The van der Waals surface area contributed by atoms with Gasteiger partial charge in [-0.1, -0.05) is 23.7 Å². The number of benzene rings is 1. The van der Waals surface area contributed by atoms with E-state index in [1.807, 2.05) is 24.3 Å². The fraction of sp³-hybridized carbons (Fsp3) is 0.231. The first-order valence-electron chi connectivity index (χ1n) is 5.88. The predicted octanol–water partition coefficient (Wildman–Crippen LogP) is 2.95. The van der Waals surface area contributed by atoms with Crippen LogP contribution in [0.3, 0.4) is 0 Å². The third kappa shape index (κ3) is 2.54. The molecule has 18 heavy (non-hydrogen) atoms. The van der Waals surface area contributed by atoms with Crippen LogP contribution in [-0.4, -0.2) is 16.0 Å². The Morgan fingerprint density at radius 3 is 2.56 bits per heavy atom. The van der Waals surface area contributed by atoms with Gasteiger partial charge in [-0.15, -0.1) is 0 Å². The summed E-state index contributed by atoms with van der Waals surface area (Å²) in [7, 11) is 0. The molecule has 92 valence electrons. The molecule has 1 aromatic carbocycles. The second-order valence-electron chi connectivity index (χ2n) is 4.43. The number of anilines is 2. The molecule has 3 N–H and O–H groups in total. The first-order chi connectivity index (χ1) is 8.70. The van der Waals surface area contributed by atoms with Crippen molar-refractivity contribution in [1.82, 2.24) is 9.97 Å². The van der Waals surface area contributed by atoms with Crippen molar-refractivity contribution < 1.29 is 0 Å². The van der Waals surface area contributed by atoms with Crippen LogP contribution in [0.4, 0.5) is 11.8 Å². The number of nitrogens with one attached hydrogen (secondary N) is 1. The van der Waals surface area contributed by atoms with Crippen molar-refractivity contribution in [2.45, 2.75) is 18.9 Å². The van der Waals surface area contributed by atoms with Crippen molar-refractivity contribution in [1.29, 1.82) is 0 Å². The van der Waals surface area contributed by atoms with Crippen molar-refractivity contribution >= 4 is 23.4 Å². The fourth-order valence-corrected chi connectivity index (χ4v) is 1.84. The minimum Gasteiger partial charge on any atom is -0.384 e. The van der Waals surface area contributed by atoms with Crippen molar-refractivity contribution in [3.05, 3.63) is 35.4 Å². The summed E-state index contributed by atoms with van der Waals surface area (Å²) in [6.07, 6.45) is 2.35. The Kier molecular flexibility index (Phi) is 2.80. The summed E-state index contributed by atoms with van der Waals surface area (Å²) in [4.78, 5) is 8.65. The minimum atomic E-state index is 0.470. The Bertz CT molecular complexity index is 564. The molecule has 0 spiro atoms. The molecule has 4 nitrogen and oxygen atoms in total. The smallest absolute Gasteiger partial charge is 0.225 e. The zero-order chi connectivity index (χ0) is 12.5. The molecule has 0 bridgehead atoms. The molecule has 1 aromatic heterocycles. The van der Waals surface area contributed by atoms with Crippen molar-refractivity contribution in [2.24, 2.45) is 0 Å². The number of nitrogens with zero attached hydrogens (tertiary/aromatic N) is 2. The van der Waals surface area contributed by atoms with Crippen LogP contribution in [0, 0.1) is 0 Å². The second-order valence-corrected chi connectivity index (χ2v) is 4.86. The molecule has 0 unspecified atom stereocenters. The predicted molar refractivity (Wildman–Crippen MR) is 73.5 cm³/mol. The summed E-state index contributed by atoms with van der Waals surface area (Å²) in [5.74, 6) is 1.07. The van der Waals surface area contributed by atoms with Gasteiger partial charge in [0.1, 0.15) is 5.82 Å². The highest BCUT2D eigenvalue weighted by atomic mass is 35.5. The normalized spacial score (nSPS) is 14.5. The van der Waals surface area contributed by atoms with Gasteiger partial charge >= 0.3 is 0 Å². The van der Waals surface area contributed by atoms with Crippen LogP contribution in [0.2, 0.25) is 5.02 Å². The molecule has 1 saturated carbocycles. The summed E-state index contributed by atoms with van der Waals surface area (Å²) in [6, 6.07) is 9.79. The molecule has 0 aliphatic heterocycles. The zero-order valence-corrected chi connectivity index (χ0v) is 10.5. The molecule has 5 heteroatoms. The average Bonchev–Trinajstić information content (AvgIpc) is 3.13. The summed E-state index contributed by atoms with van der Waals surface area (Å²) in [6.45, 7) is 0. The Morgan fingerprint density at radius 1 is 1.17 bits per heavy atom. The molecule has 1 fully saturated rings. The minimum absolute atomic E-state index is 0.470. The van der Waals surface area contributed by atoms with Gasteiger partial charge in [0.15, 0.2) is 0 Å². The lowest BCUT2D eigenvalue weighted by Crippen LogP contribution is -2.07. The highest BCUT2D eigenvalue weighted by Gasteiger charge is 2.22. The van der Waals surface area contributed by atoms with E-state index in [1.165, 1.54) is 12.8 Å². The SMILES string of the molecule is Nc1cc(-c2ccc(Cl)cc2)nc(NC2CC2)n1. The maximum absolute atomic E-state index is 5.87. The molecule has 0 radical (unpaired) electrons. The van der Waals surface area contributed by atoms with E-state index in [4.69, 9.17) is 17.3 Å². The van der Waals surface area contributed by atoms with Crippen LogP contribution in [-0.2, 0) is 0 Å². The van der Waals surface area contributed by atoms with Gasteiger partial charge in [-0.25, -0.2) is 4.98 Å². The fourth-order valence-electron chi connectivity index (χ4n) is 1.71. The molecule has 2 aromatic rings. The van der Waals surface area contributed by atoms with E-state index in [9.17, 15) is 0 Å². The summed E-state index contributed by atoms with van der Waals surface area (Å²) in [5, 5.41) is 3.96. The molecule has 0 atom stereocenters. The number of nitrogen functional groups attached to an aromatic ring is 1. The van der Waals surface area contributed by atoms with Crippen LogP contribution in [0.1, 0.15) is 12.8 Å². The van der Waals surface area contributed by atoms with Crippen LogP contribution < -0.4 is 11.1 Å². The van der Waals surface area contributed by atoms with Gasteiger partial charge in [0.25, 0.3) is 0 Å². The first kappa shape index (κ1) is 11.3. The van der Waals surface area contributed by atoms with E-state index in [0.29, 0.717) is 22.8 Å². The summed E-state index contributed by atoms with van der Waals surface area (Å²) in [5.41, 5.74) is 7.59. The Labute approximate surface area is 110 Å². The molecule has 1 aliphatic carbocycles. The van der Waals surface area contributed by atoms with Gasteiger partial charge in [0.2, 0.25) is 5.95 Å². The standard InChI is InChI=1S/C13H13ClN4/c14-9-3-1-8(2-4-9)11-7-12(15)18-13(17-11)16-10-5-6-10/h1-4,7,10H,5-6H2,(H3,15,16,17,18). The number of aromatic nitrogens is 2. The van der Waals surface area contributed by atoms with E-state index >= 15 is 0 Å². The van der Waals surface area contributed by atoms with Gasteiger partial charge < -0.3 is 11.1 Å². The van der Waals surface area contributed by atoms with Gasteiger partial charge in [0.05, 0.1) is 5.69 Å². The first-order valence-corrected chi connectivity index (χ1v) is 6.25. The number of hydrogen-bond acceptors (Lipinski definition) is 4. The topological polar surface area (TPSA) is 63.8 Å². The molecular formula is C13H13ClN4. The van der Waals surface area contributed by atoms with Crippen LogP contribution in [0.25, 0.3) is 11.3 Å². The zero-order valence-electron chi connectivity index (χ0n) is 9.73. The van der Waals surface area contributed by atoms with Crippen molar-refractivity contribution in [3.63, 3.8) is 0 Å². The molecule has 0 amide bonds. The number of nitrogens with two attached hydrogens (primary N) is 1. The van der Waals surface area contributed by atoms with Crippen LogP contribution in [0.15, 0.2) is 30.3 Å². The van der Waals surface area contributed by atoms with Gasteiger partial charge in [-0.2, -0.15) is 4.98 Å². The average molecular weight is 261 g/mol. The van der Waals surface area contributed by atoms with Gasteiger partial charge in [-0.3, -0.25) is 0 Å². The van der Waals surface area contributed by atoms with Gasteiger partial charge in [-0.05, 0) is 25.0 Å². The van der Waals surface area contributed by atoms with E-state index in [1.54, 1.807) is 6.07 Å².